The van der Waals surface area contributed by atoms with E-state index in [4.69, 9.17) is 23.7 Å². The number of halogens is 1. The van der Waals surface area contributed by atoms with Gasteiger partial charge < -0.3 is 38.6 Å². The van der Waals surface area contributed by atoms with Crippen LogP contribution in [0.5, 0.6) is 28.7 Å². The van der Waals surface area contributed by atoms with Gasteiger partial charge in [-0.05, 0) is 223 Å². The lowest BCUT2D eigenvalue weighted by Gasteiger charge is -2.36. The van der Waals surface area contributed by atoms with Crippen LogP contribution in [0, 0.1) is 0 Å². The topological polar surface area (TPSA) is 215 Å². The number of phenols is 1. The molecule has 15 aromatic rings. The number of hydrogen-bond acceptors (Lipinski definition) is 14. The number of aliphatic carboxylic acids is 1. The Morgan fingerprint density at radius 3 is 1.06 bits per heavy atom. The van der Waals surface area contributed by atoms with Gasteiger partial charge >= 0.3 is 17.9 Å². The molecule has 16 heteroatoms. The fraction of sp³-hybridized carbons (Fsp3) is 0.172. The largest absolute Gasteiger partial charge is 0.508 e. The molecule has 0 amide bonds. The molecule has 15 nitrogen and oxygen atoms in total. The number of allylic oxidation sites excluding steroid dienone is 2. The third-order valence-corrected chi connectivity index (χ3v) is 28.6. The number of phenolic OH excluding ortho intramolecular Hbond substituents is 1. The summed E-state index contributed by atoms with van der Waals surface area (Å²) in [5.41, 5.74) is 22.8. The van der Waals surface area contributed by atoms with Gasteiger partial charge in [-0.15, -0.1) is 0 Å². The van der Waals surface area contributed by atoms with Gasteiger partial charge in [-0.3, -0.25) is 33.6 Å². The summed E-state index contributed by atoms with van der Waals surface area (Å²) in [6.45, 7) is 0. The normalized spacial score (nSPS) is 15.4. The van der Waals surface area contributed by atoms with Crippen molar-refractivity contribution in [2.24, 2.45) is 0 Å². The Labute approximate surface area is 813 Å². The number of carboxylic acids is 1. The van der Waals surface area contributed by atoms with Gasteiger partial charge in [0, 0.05) is 38.5 Å². The first-order valence-corrected chi connectivity index (χ1v) is 46.4. The number of ether oxygens (including phenoxy) is 6. The number of fused-ring (bicyclic) bond motifs is 9. The maximum absolute atomic E-state index is 13.9. The monoisotopic (exact) mass is 1890 g/mol. The average Bonchev–Trinajstić information content (AvgIpc) is 1.56. The Kier molecular flexibility index (Phi) is 28.8. The first-order valence-electron chi connectivity index (χ1n) is 45.5. The van der Waals surface area contributed by atoms with E-state index in [1.54, 1.807) is 143 Å². The van der Waals surface area contributed by atoms with Crippen molar-refractivity contribution in [3.63, 3.8) is 0 Å². The third-order valence-electron chi connectivity index (χ3n) is 27.7. The zero-order valence-electron chi connectivity index (χ0n) is 76.7. The van der Waals surface area contributed by atoms with Crippen molar-refractivity contribution >= 4 is 80.3 Å². The molecular weight excluding hydrogens is 1790 g/mol. The molecule has 7 aliphatic carbocycles. The molecule has 0 aromatic heterocycles. The minimum atomic E-state index is -1.76. The minimum absolute atomic E-state index is 0. The number of Topliss-reactive ketones (excluding diaryl/α,β-unsaturated/α-hetero) is 4. The number of ketones is 4. The van der Waals surface area contributed by atoms with Crippen LogP contribution in [0.15, 0.2) is 382 Å². The van der Waals surface area contributed by atoms with Crippen LogP contribution in [-0.4, -0.2) is 93.9 Å². The van der Waals surface area contributed by atoms with E-state index >= 15 is 0 Å². The zero-order chi connectivity index (χ0) is 95.5. The molecule has 138 heavy (non-hydrogen) atoms. The van der Waals surface area contributed by atoms with Crippen LogP contribution in [0.3, 0.4) is 0 Å². The standard InChI is InChI=1S/C25H20O5.C24H22O3.C24H20O.C23H18O.C16H12O3.C9H9BrO2.CH4/c1-29-18-14-12-17(13-15-18)25(21(24(28)30-2)16-8-4-3-5-9-16)22(26)19-10-6-7-11-20(19)23(25)27;1-27-21-13-11-20(12-14-21)24(15-18-9-5-6-10-19(18)16-24)22(23(25)26)17-7-3-2-4-8-17;1-25-21-11-12-22-20(13-21)14-23(17-7-3-2-4-8-17)24(22)15-18-9-5-6-10-19(18)16-24;24-20-10-11-21-19(12-20)13-22(16-6-2-1-3-7-16)23(21)14-17-8-4-5-9-18(17)15-23;1-19-11-8-6-10(7-9-11)14-15(17)12-4-2-3-5-13(12)16(14)18;1-12-9(11)8(10)7-5-3-2-4-6-7;/h3-15,21H,1-2H3;2-14,22H,15-16H2,1H3,(H,25,26);2-14H,15-16H2,1H3;1-13,24H,14-15H2;2-9,14H,1H3;2-6,8H,1H3;1H4. The summed E-state index contributed by atoms with van der Waals surface area (Å²) in [6, 6.07) is 123. The Morgan fingerprint density at radius 1 is 0.341 bits per heavy atom. The second kappa shape index (κ2) is 41.7. The molecule has 0 saturated heterocycles. The van der Waals surface area contributed by atoms with Crippen molar-refractivity contribution in [3.05, 3.63) is 505 Å². The van der Waals surface area contributed by atoms with Crippen LogP contribution < -0.4 is 18.9 Å². The third kappa shape index (κ3) is 18.4. The molecule has 0 saturated carbocycles. The van der Waals surface area contributed by atoms with E-state index in [0.717, 1.165) is 59.4 Å². The molecule has 15 aromatic carbocycles. The molecule has 3 unspecified atom stereocenters. The molecule has 22 rings (SSSR count). The Hall–Kier alpha value is -15.7. The van der Waals surface area contributed by atoms with Gasteiger partial charge in [0.25, 0.3) is 0 Å². The molecule has 690 valence electrons. The second-order valence-corrected chi connectivity index (χ2v) is 36.0. The lowest BCUT2D eigenvalue weighted by atomic mass is 9.64. The van der Waals surface area contributed by atoms with Crippen LogP contribution in [0.4, 0.5) is 0 Å². The van der Waals surface area contributed by atoms with Gasteiger partial charge in [0.2, 0.25) is 0 Å². The Morgan fingerprint density at radius 2 is 0.667 bits per heavy atom. The van der Waals surface area contributed by atoms with E-state index in [0.29, 0.717) is 69.0 Å². The van der Waals surface area contributed by atoms with Crippen LogP contribution in [0.25, 0.3) is 23.3 Å². The molecule has 0 fully saturated rings. The highest BCUT2D eigenvalue weighted by atomic mass is 79.9. The maximum Gasteiger partial charge on any atom is 0.323 e. The highest BCUT2D eigenvalue weighted by Crippen LogP contribution is 2.58. The van der Waals surface area contributed by atoms with E-state index in [-0.39, 0.29) is 40.6 Å². The van der Waals surface area contributed by atoms with Crippen LogP contribution >= 0.6 is 15.9 Å². The van der Waals surface area contributed by atoms with Gasteiger partial charge in [0.1, 0.15) is 50.8 Å². The number of methoxy groups -OCH3 is 6. The maximum atomic E-state index is 13.9. The summed E-state index contributed by atoms with van der Waals surface area (Å²) < 4.78 is 30.8. The van der Waals surface area contributed by atoms with Gasteiger partial charge in [-0.25, -0.2) is 0 Å². The van der Waals surface area contributed by atoms with Crippen molar-refractivity contribution in [3.8, 4) is 28.7 Å². The van der Waals surface area contributed by atoms with Crippen LogP contribution in [0.1, 0.15) is 172 Å². The Bertz CT molecular complexity index is 6910. The minimum Gasteiger partial charge on any atom is -0.508 e. The summed E-state index contributed by atoms with van der Waals surface area (Å²) in [5.74, 6) is -1.91. The van der Waals surface area contributed by atoms with Gasteiger partial charge in [-0.2, -0.15) is 0 Å². The van der Waals surface area contributed by atoms with Crippen molar-refractivity contribution in [1.29, 1.82) is 0 Å². The molecule has 3 atom stereocenters. The van der Waals surface area contributed by atoms with E-state index in [9.17, 15) is 43.8 Å². The van der Waals surface area contributed by atoms with Crippen molar-refractivity contribution in [1.82, 2.24) is 0 Å². The van der Waals surface area contributed by atoms with E-state index in [1.807, 2.05) is 115 Å². The first kappa shape index (κ1) is 95.5. The summed E-state index contributed by atoms with van der Waals surface area (Å²) in [4.78, 5) is 88.6. The van der Waals surface area contributed by atoms with Crippen molar-refractivity contribution in [2.45, 2.75) is 90.2 Å². The lowest BCUT2D eigenvalue weighted by Crippen LogP contribution is -2.47. The van der Waals surface area contributed by atoms with E-state index in [2.05, 4.69) is 178 Å². The number of hydrogen-bond donors (Lipinski definition) is 2. The number of carboxylic acid groups (broad SMARTS) is 1. The highest BCUT2D eigenvalue weighted by Gasteiger charge is 2.62. The molecule has 0 bridgehead atoms. The summed E-state index contributed by atoms with van der Waals surface area (Å²) in [7, 11) is 9.13. The molecule has 0 heterocycles. The number of aromatic hydroxyl groups is 1. The van der Waals surface area contributed by atoms with Crippen molar-refractivity contribution in [2.75, 3.05) is 42.7 Å². The van der Waals surface area contributed by atoms with Crippen LogP contribution in [0.2, 0.25) is 0 Å². The molecule has 0 radical (unpaired) electrons. The fourth-order valence-electron chi connectivity index (χ4n) is 21.2. The quantitative estimate of drug-likeness (QED) is 0.0492. The van der Waals surface area contributed by atoms with Crippen LogP contribution in [-0.2, 0) is 84.0 Å². The fourth-order valence-corrected chi connectivity index (χ4v) is 21.7. The lowest BCUT2D eigenvalue weighted by molar-refractivity contribution is -0.143. The summed E-state index contributed by atoms with van der Waals surface area (Å²) >= 11 is 3.24. The van der Waals surface area contributed by atoms with E-state index < -0.39 is 52.1 Å². The SMILES string of the molecule is C.COC(=O)C(Br)c1ccccc1.COC(=O)C(c1ccccc1)C1(c2ccc(OC)cc2)C(=O)c2ccccc2C1=O.COc1ccc(C2(C(C(=O)O)c3ccccc3)Cc3ccccc3C2)cc1.COc1ccc(C2C(=O)c3ccccc3C2=O)cc1.COc1ccc2c(c1)C=C(c1ccccc1)C21Cc2ccccc2C1.Oc1ccc2c(c1)C=C(c1ccccc1)C21Cc2ccccc2C1. The second-order valence-electron chi connectivity index (χ2n) is 35.1. The number of carbonyl (C=O) groups excluding carboxylic acids is 6. The number of esters is 2. The average molecular weight is 1890 g/mol. The molecule has 2 spiro atoms. The van der Waals surface area contributed by atoms with E-state index in [1.165, 1.54) is 93.7 Å². The number of rotatable bonds is 17. The molecule has 0 aliphatic heterocycles. The van der Waals surface area contributed by atoms with Crippen molar-refractivity contribution < 1.29 is 72.2 Å². The number of benzene rings is 15. The highest BCUT2D eigenvalue weighted by molar-refractivity contribution is 9.09. The van der Waals surface area contributed by atoms with Gasteiger partial charge in [0.15, 0.2) is 23.1 Å². The molecular formula is C122H105BrO15. The molecule has 7 aliphatic rings. The van der Waals surface area contributed by atoms with Gasteiger partial charge in [-0.1, -0.05) is 345 Å². The summed E-state index contributed by atoms with van der Waals surface area (Å²) in [6.07, 6.45) is 10.3. The van der Waals surface area contributed by atoms with Gasteiger partial charge in [0.05, 0.1) is 48.6 Å². The smallest absolute Gasteiger partial charge is 0.323 e. The molecule has 2 N–H and O–H groups in total. The number of alkyl halides is 1. The predicted molar refractivity (Wildman–Crippen MR) is 545 cm³/mol. The first-order chi connectivity index (χ1) is 66.7. The summed E-state index contributed by atoms with van der Waals surface area (Å²) in [5, 5.41) is 20.2. The predicted octanol–water partition coefficient (Wildman–Crippen LogP) is 24.6. The Balaban J connectivity index is 0.000000121. The number of carbonyl (C=O) groups is 7. The zero-order valence-corrected chi connectivity index (χ0v) is 78.2.